The Morgan fingerprint density at radius 1 is 1.27 bits per heavy atom. The summed E-state index contributed by atoms with van der Waals surface area (Å²) in [5.74, 6) is -0.351. The number of benzene rings is 1. The van der Waals surface area contributed by atoms with Crippen molar-refractivity contribution in [3.63, 3.8) is 0 Å². The van der Waals surface area contributed by atoms with Crippen LogP contribution in [0.2, 0.25) is 5.02 Å². The van der Waals surface area contributed by atoms with Crippen molar-refractivity contribution >= 4 is 23.3 Å². The van der Waals surface area contributed by atoms with Crippen molar-refractivity contribution < 1.29 is 18.7 Å². The number of Topliss-reactive ketones (excluding diaryl/α,β-unsaturated/α-hetero) is 1. The first-order chi connectivity index (χ1) is 14.4. The third-order valence-corrected chi connectivity index (χ3v) is 6.92. The number of carbonyl (C=O) groups excluding carboxylic acids is 2. The summed E-state index contributed by atoms with van der Waals surface area (Å²) in [5.41, 5.74) is 1.51. The van der Waals surface area contributed by atoms with E-state index in [4.69, 9.17) is 16.3 Å². The molecule has 1 aromatic heterocycles. The van der Waals surface area contributed by atoms with E-state index in [0.29, 0.717) is 12.0 Å². The number of amides is 1. The Balaban J connectivity index is 1.11. The third kappa shape index (κ3) is 3.39. The summed E-state index contributed by atoms with van der Waals surface area (Å²) in [4.78, 5) is 25.1. The van der Waals surface area contributed by atoms with Crippen molar-refractivity contribution in [1.29, 1.82) is 0 Å². The van der Waals surface area contributed by atoms with E-state index in [1.807, 2.05) is 4.68 Å². The SMILES string of the molecule is O=C(COc1ccc(Cl)c(F)c1)CC12CC(NC(=O)c3cnn4c3CCCC4)(C1)C2. The molecule has 3 fully saturated rings. The molecule has 0 atom stereocenters. The zero-order chi connectivity index (χ0) is 20.9. The van der Waals surface area contributed by atoms with Gasteiger partial charge in [-0.2, -0.15) is 5.10 Å². The lowest BCUT2D eigenvalue weighted by molar-refractivity contribution is -0.162. The van der Waals surface area contributed by atoms with Gasteiger partial charge in [0.05, 0.1) is 22.5 Å². The molecule has 2 heterocycles. The van der Waals surface area contributed by atoms with Crippen molar-refractivity contribution in [3.05, 3.63) is 46.5 Å². The van der Waals surface area contributed by atoms with Crippen LogP contribution in [0.5, 0.6) is 5.75 Å². The van der Waals surface area contributed by atoms with E-state index >= 15 is 0 Å². The Labute approximate surface area is 178 Å². The van der Waals surface area contributed by atoms with Crippen LogP contribution in [0.3, 0.4) is 0 Å². The van der Waals surface area contributed by atoms with Crippen molar-refractivity contribution in [2.75, 3.05) is 6.61 Å². The van der Waals surface area contributed by atoms with E-state index in [9.17, 15) is 14.0 Å². The molecular weight excluding hydrogens is 409 g/mol. The Morgan fingerprint density at radius 3 is 2.83 bits per heavy atom. The second-order valence-corrected chi connectivity index (χ2v) is 9.44. The predicted octanol–water partition coefficient (Wildman–Crippen LogP) is 3.70. The van der Waals surface area contributed by atoms with Crippen LogP contribution >= 0.6 is 11.6 Å². The van der Waals surface area contributed by atoms with Crippen LogP contribution in [0.4, 0.5) is 4.39 Å². The molecule has 158 valence electrons. The number of nitrogens with zero attached hydrogens (tertiary/aromatic N) is 2. The van der Waals surface area contributed by atoms with E-state index in [2.05, 4.69) is 10.4 Å². The summed E-state index contributed by atoms with van der Waals surface area (Å²) in [6.45, 7) is 0.786. The molecule has 1 aliphatic heterocycles. The maximum Gasteiger partial charge on any atom is 0.255 e. The summed E-state index contributed by atoms with van der Waals surface area (Å²) < 4.78 is 20.8. The van der Waals surface area contributed by atoms with Crippen LogP contribution in [0.25, 0.3) is 0 Å². The van der Waals surface area contributed by atoms with Gasteiger partial charge in [0.2, 0.25) is 0 Å². The molecule has 30 heavy (non-hydrogen) atoms. The first-order valence-corrected chi connectivity index (χ1v) is 10.7. The Kier molecular flexibility index (Phi) is 4.61. The average molecular weight is 432 g/mol. The molecule has 0 unspecified atom stereocenters. The maximum absolute atomic E-state index is 13.5. The van der Waals surface area contributed by atoms with Gasteiger partial charge in [0, 0.05) is 24.6 Å². The van der Waals surface area contributed by atoms with Crippen molar-refractivity contribution in [1.82, 2.24) is 15.1 Å². The fourth-order valence-electron chi connectivity index (χ4n) is 5.44. The van der Waals surface area contributed by atoms with E-state index in [0.717, 1.165) is 50.8 Å². The Bertz CT molecular complexity index is 1010. The first kappa shape index (κ1) is 19.5. The minimum Gasteiger partial charge on any atom is -0.486 e. The molecule has 1 N–H and O–H groups in total. The number of hydrogen-bond donors (Lipinski definition) is 1. The van der Waals surface area contributed by atoms with Crippen molar-refractivity contribution in [2.45, 2.75) is 57.0 Å². The predicted molar refractivity (Wildman–Crippen MR) is 108 cm³/mol. The molecule has 3 saturated carbocycles. The minimum absolute atomic E-state index is 0.0179. The van der Waals surface area contributed by atoms with Crippen molar-refractivity contribution in [3.8, 4) is 5.75 Å². The number of carbonyl (C=O) groups is 2. The number of aromatic nitrogens is 2. The second kappa shape index (κ2) is 7.08. The smallest absolute Gasteiger partial charge is 0.255 e. The number of aryl methyl sites for hydroxylation is 1. The summed E-state index contributed by atoms with van der Waals surface area (Å²) >= 11 is 5.65. The van der Waals surface area contributed by atoms with Gasteiger partial charge < -0.3 is 10.1 Å². The number of rotatable bonds is 7. The van der Waals surface area contributed by atoms with Gasteiger partial charge in [0.25, 0.3) is 5.91 Å². The summed E-state index contributed by atoms with van der Waals surface area (Å²) in [6.07, 6.45) is 7.64. The highest BCUT2D eigenvalue weighted by Crippen LogP contribution is 2.69. The largest absolute Gasteiger partial charge is 0.486 e. The second-order valence-electron chi connectivity index (χ2n) is 9.03. The summed E-state index contributed by atoms with van der Waals surface area (Å²) in [7, 11) is 0. The highest BCUT2D eigenvalue weighted by molar-refractivity contribution is 6.30. The molecule has 1 amide bonds. The molecule has 4 aliphatic rings. The zero-order valence-electron chi connectivity index (χ0n) is 16.5. The molecule has 6 nitrogen and oxygen atoms in total. The lowest BCUT2D eigenvalue weighted by Crippen LogP contribution is -2.75. The molecule has 3 aliphatic carbocycles. The number of hydrogen-bond acceptors (Lipinski definition) is 4. The summed E-state index contributed by atoms with van der Waals surface area (Å²) in [5, 5.41) is 7.55. The molecule has 0 radical (unpaired) electrons. The van der Waals surface area contributed by atoms with Crippen LogP contribution < -0.4 is 10.1 Å². The van der Waals surface area contributed by atoms with Crippen LogP contribution in [-0.2, 0) is 17.8 Å². The average Bonchev–Trinajstić information content (AvgIpc) is 3.10. The highest BCUT2D eigenvalue weighted by atomic mass is 35.5. The first-order valence-electron chi connectivity index (χ1n) is 10.3. The Hall–Kier alpha value is -2.41. The quantitative estimate of drug-likeness (QED) is 0.725. The van der Waals surface area contributed by atoms with Gasteiger partial charge in [-0.15, -0.1) is 0 Å². The van der Waals surface area contributed by atoms with Gasteiger partial charge in [0.15, 0.2) is 5.78 Å². The lowest BCUT2D eigenvalue weighted by Gasteiger charge is -2.70. The van der Waals surface area contributed by atoms with E-state index in [-0.39, 0.29) is 40.0 Å². The number of halogens is 2. The Morgan fingerprint density at radius 2 is 2.07 bits per heavy atom. The third-order valence-electron chi connectivity index (χ3n) is 6.61. The van der Waals surface area contributed by atoms with Gasteiger partial charge in [-0.25, -0.2) is 4.39 Å². The molecule has 0 saturated heterocycles. The van der Waals surface area contributed by atoms with Gasteiger partial charge in [-0.05, 0) is 56.1 Å². The van der Waals surface area contributed by atoms with Crippen LogP contribution in [0.1, 0.15) is 54.6 Å². The van der Waals surface area contributed by atoms with Crippen LogP contribution in [-0.4, -0.2) is 33.6 Å². The maximum atomic E-state index is 13.5. The molecular formula is C22H23ClFN3O3. The number of fused-ring (bicyclic) bond motifs is 1. The molecule has 6 rings (SSSR count). The number of ketones is 1. The van der Waals surface area contributed by atoms with Gasteiger partial charge >= 0.3 is 0 Å². The van der Waals surface area contributed by atoms with E-state index in [1.165, 1.54) is 12.1 Å². The van der Waals surface area contributed by atoms with Gasteiger partial charge in [0.1, 0.15) is 18.2 Å². The van der Waals surface area contributed by atoms with Gasteiger partial charge in [-0.1, -0.05) is 11.6 Å². The monoisotopic (exact) mass is 431 g/mol. The molecule has 0 spiro atoms. The van der Waals surface area contributed by atoms with Crippen LogP contribution in [0.15, 0.2) is 24.4 Å². The van der Waals surface area contributed by atoms with Crippen molar-refractivity contribution in [2.24, 2.45) is 5.41 Å². The van der Waals surface area contributed by atoms with E-state index < -0.39 is 5.82 Å². The highest BCUT2D eigenvalue weighted by Gasteiger charge is 2.68. The topological polar surface area (TPSA) is 73.2 Å². The molecule has 2 bridgehead atoms. The normalized spacial score (nSPS) is 26.2. The zero-order valence-corrected chi connectivity index (χ0v) is 17.3. The molecule has 8 heteroatoms. The minimum atomic E-state index is -0.571. The summed E-state index contributed by atoms with van der Waals surface area (Å²) in [6, 6.07) is 4.12. The fraction of sp³-hybridized carbons (Fsp3) is 0.500. The standard InChI is InChI=1S/C22H23ClFN3O3/c23-17-5-4-15(7-18(17)24)30-10-14(28)8-21-11-22(12-21,13-21)26-20(29)16-9-25-27-6-2-1-3-19(16)27/h4-5,7,9H,1-3,6,8,10-13H2,(H,26,29). The number of ether oxygens (including phenoxy) is 1. The van der Waals surface area contributed by atoms with Gasteiger partial charge in [-0.3, -0.25) is 14.3 Å². The fourth-order valence-corrected chi connectivity index (χ4v) is 5.55. The molecule has 1 aromatic carbocycles. The number of nitrogens with one attached hydrogen (secondary N) is 1. The van der Waals surface area contributed by atoms with E-state index in [1.54, 1.807) is 12.3 Å². The molecule has 2 aromatic rings. The lowest BCUT2D eigenvalue weighted by atomic mass is 9.38. The van der Waals surface area contributed by atoms with Crippen LogP contribution in [0, 0.1) is 11.2 Å².